The number of carbonyl (C=O) groups is 1. The second-order valence-corrected chi connectivity index (χ2v) is 9.67. The fraction of sp³-hybridized carbons (Fsp3) is 0.345. The van der Waals surface area contributed by atoms with Crippen molar-refractivity contribution in [1.82, 2.24) is 0 Å². The standard InChI is InChI=1S/C29H29FO4/c1-16-4-10-24(30)23(12-16)22-9-7-20(13-17(22)2)27-15-33-25-11-8-21(14-26(25)34-27)28(19-5-6-19)18(3)29(31)32/h4,7-14,18-19,27-28H,5-6,15H2,1-3H3,(H,31,32)/t18-,27?,28-/m0/s1. The summed E-state index contributed by atoms with van der Waals surface area (Å²) in [5.41, 5.74) is 5.38. The normalized spacial score (nSPS) is 18.9. The molecule has 1 fully saturated rings. The first-order chi connectivity index (χ1) is 16.3. The van der Waals surface area contributed by atoms with Crippen LogP contribution < -0.4 is 9.47 Å². The van der Waals surface area contributed by atoms with E-state index in [0.717, 1.165) is 40.7 Å². The van der Waals surface area contributed by atoms with Crippen LogP contribution in [-0.2, 0) is 4.79 Å². The van der Waals surface area contributed by atoms with Crippen LogP contribution >= 0.6 is 0 Å². The van der Waals surface area contributed by atoms with Crippen LogP contribution in [0.3, 0.4) is 0 Å². The zero-order valence-electron chi connectivity index (χ0n) is 19.7. The van der Waals surface area contributed by atoms with E-state index in [-0.39, 0.29) is 17.8 Å². The van der Waals surface area contributed by atoms with Crippen molar-refractivity contribution >= 4 is 5.97 Å². The molecule has 0 aromatic heterocycles. The van der Waals surface area contributed by atoms with Crippen LogP contribution in [0.15, 0.2) is 54.6 Å². The molecule has 1 aliphatic heterocycles. The number of hydrogen-bond donors (Lipinski definition) is 1. The lowest BCUT2D eigenvalue weighted by Crippen LogP contribution is -2.23. The van der Waals surface area contributed by atoms with E-state index in [4.69, 9.17) is 9.47 Å². The van der Waals surface area contributed by atoms with Crippen molar-refractivity contribution in [2.24, 2.45) is 11.8 Å². The number of carboxylic acids is 1. The van der Waals surface area contributed by atoms with Gasteiger partial charge in [0.15, 0.2) is 17.6 Å². The second-order valence-electron chi connectivity index (χ2n) is 9.67. The molecular weight excluding hydrogens is 431 g/mol. The fourth-order valence-electron chi connectivity index (χ4n) is 5.07. The van der Waals surface area contributed by atoms with Gasteiger partial charge >= 0.3 is 5.97 Å². The van der Waals surface area contributed by atoms with Crippen molar-refractivity contribution < 1.29 is 23.8 Å². The summed E-state index contributed by atoms with van der Waals surface area (Å²) in [4.78, 5) is 11.7. The van der Waals surface area contributed by atoms with Crippen LogP contribution in [0, 0.1) is 31.5 Å². The number of ether oxygens (including phenoxy) is 2. The van der Waals surface area contributed by atoms with E-state index in [1.165, 1.54) is 6.07 Å². The van der Waals surface area contributed by atoms with Gasteiger partial charge in [-0.1, -0.05) is 42.8 Å². The van der Waals surface area contributed by atoms with Crippen LogP contribution in [-0.4, -0.2) is 17.7 Å². The molecule has 3 atom stereocenters. The number of aliphatic carboxylic acids is 1. The molecule has 0 amide bonds. The Kier molecular flexibility index (Phi) is 5.80. The van der Waals surface area contributed by atoms with Gasteiger partial charge in [-0.25, -0.2) is 4.39 Å². The van der Waals surface area contributed by atoms with E-state index >= 15 is 0 Å². The maximum Gasteiger partial charge on any atom is 0.306 e. The zero-order chi connectivity index (χ0) is 24.0. The lowest BCUT2D eigenvalue weighted by molar-refractivity contribution is -0.142. The summed E-state index contributed by atoms with van der Waals surface area (Å²) >= 11 is 0. The lowest BCUT2D eigenvalue weighted by Gasteiger charge is -2.29. The van der Waals surface area contributed by atoms with Gasteiger partial charge in [-0.3, -0.25) is 4.79 Å². The average Bonchev–Trinajstić information content (AvgIpc) is 3.65. The minimum atomic E-state index is -0.773. The van der Waals surface area contributed by atoms with E-state index in [1.807, 2.05) is 56.3 Å². The Morgan fingerprint density at radius 2 is 1.79 bits per heavy atom. The highest BCUT2D eigenvalue weighted by Crippen LogP contribution is 2.49. The Labute approximate surface area is 199 Å². The molecule has 34 heavy (non-hydrogen) atoms. The molecule has 1 unspecified atom stereocenters. The molecule has 1 saturated carbocycles. The van der Waals surface area contributed by atoms with Crippen molar-refractivity contribution in [2.45, 2.75) is 45.6 Å². The number of halogens is 1. The van der Waals surface area contributed by atoms with Gasteiger partial charge < -0.3 is 14.6 Å². The van der Waals surface area contributed by atoms with Crippen molar-refractivity contribution in [3.05, 3.63) is 82.7 Å². The van der Waals surface area contributed by atoms with Gasteiger partial charge in [-0.15, -0.1) is 0 Å². The molecule has 2 aliphatic rings. The Morgan fingerprint density at radius 3 is 2.50 bits per heavy atom. The highest BCUT2D eigenvalue weighted by Gasteiger charge is 2.39. The highest BCUT2D eigenvalue weighted by molar-refractivity contribution is 5.71. The molecule has 1 N–H and O–H groups in total. The Morgan fingerprint density at radius 1 is 1.00 bits per heavy atom. The summed E-state index contributed by atoms with van der Waals surface area (Å²) in [5.74, 6) is 0.227. The summed E-state index contributed by atoms with van der Waals surface area (Å²) in [6.07, 6.45) is 1.83. The molecule has 0 bridgehead atoms. The third-order valence-corrected chi connectivity index (χ3v) is 7.10. The molecule has 176 valence electrons. The smallest absolute Gasteiger partial charge is 0.306 e. The second kappa shape index (κ2) is 8.79. The van der Waals surface area contributed by atoms with Gasteiger partial charge in [0.2, 0.25) is 0 Å². The molecule has 4 nitrogen and oxygen atoms in total. The summed E-state index contributed by atoms with van der Waals surface area (Å²) in [5, 5.41) is 9.60. The molecule has 3 aromatic rings. The molecular formula is C29H29FO4. The van der Waals surface area contributed by atoms with E-state index < -0.39 is 11.9 Å². The van der Waals surface area contributed by atoms with E-state index in [2.05, 4.69) is 0 Å². The topological polar surface area (TPSA) is 55.8 Å². The number of benzene rings is 3. The van der Waals surface area contributed by atoms with Crippen molar-refractivity contribution in [3.8, 4) is 22.6 Å². The van der Waals surface area contributed by atoms with Crippen LogP contribution in [0.2, 0.25) is 0 Å². The molecule has 0 saturated heterocycles. The number of carboxylic acid groups (broad SMARTS) is 1. The SMILES string of the molecule is Cc1ccc(F)c(-c2ccc(C3COc4ccc([C@H](C5CC5)[C@H](C)C(=O)O)cc4O3)cc2C)c1. The number of rotatable bonds is 6. The molecule has 0 spiro atoms. The fourth-order valence-corrected chi connectivity index (χ4v) is 5.07. The monoisotopic (exact) mass is 460 g/mol. The third kappa shape index (κ3) is 4.27. The maximum absolute atomic E-state index is 14.4. The van der Waals surface area contributed by atoms with Gasteiger partial charge in [-0.2, -0.15) is 0 Å². The first-order valence-corrected chi connectivity index (χ1v) is 11.8. The number of hydrogen-bond acceptors (Lipinski definition) is 3. The van der Waals surface area contributed by atoms with Crippen LogP contribution in [0.25, 0.3) is 11.1 Å². The third-order valence-electron chi connectivity index (χ3n) is 7.10. The van der Waals surface area contributed by atoms with Crippen molar-refractivity contribution in [1.29, 1.82) is 0 Å². The lowest BCUT2D eigenvalue weighted by atomic mass is 9.83. The van der Waals surface area contributed by atoms with Crippen LogP contribution in [0.5, 0.6) is 11.5 Å². The summed E-state index contributed by atoms with van der Waals surface area (Å²) in [6, 6.07) is 16.9. The van der Waals surface area contributed by atoms with E-state index in [0.29, 0.717) is 29.6 Å². The zero-order valence-corrected chi connectivity index (χ0v) is 19.7. The average molecular weight is 461 g/mol. The van der Waals surface area contributed by atoms with Gasteiger partial charge in [-0.05, 0) is 85.0 Å². The van der Waals surface area contributed by atoms with E-state index in [9.17, 15) is 14.3 Å². The first kappa shape index (κ1) is 22.5. The summed E-state index contributed by atoms with van der Waals surface area (Å²) < 4.78 is 26.8. The van der Waals surface area contributed by atoms with Crippen LogP contribution in [0.1, 0.15) is 54.0 Å². The quantitative estimate of drug-likeness (QED) is 0.438. The Bertz CT molecular complexity index is 1250. The molecule has 0 radical (unpaired) electrons. The maximum atomic E-state index is 14.4. The Hall–Kier alpha value is -3.34. The van der Waals surface area contributed by atoms with Gasteiger partial charge in [0, 0.05) is 5.56 Å². The highest BCUT2D eigenvalue weighted by atomic mass is 19.1. The molecule has 1 heterocycles. The van der Waals surface area contributed by atoms with Crippen LogP contribution in [0.4, 0.5) is 4.39 Å². The van der Waals surface area contributed by atoms with E-state index in [1.54, 1.807) is 13.0 Å². The predicted molar refractivity (Wildman–Crippen MR) is 129 cm³/mol. The van der Waals surface area contributed by atoms with Crippen molar-refractivity contribution in [2.75, 3.05) is 6.61 Å². The molecule has 3 aromatic carbocycles. The van der Waals surface area contributed by atoms with Gasteiger partial charge in [0.1, 0.15) is 12.4 Å². The summed E-state index contributed by atoms with van der Waals surface area (Å²) in [7, 11) is 0. The Balaban J connectivity index is 1.41. The van der Waals surface area contributed by atoms with Crippen molar-refractivity contribution in [3.63, 3.8) is 0 Å². The molecule has 1 aliphatic carbocycles. The number of fused-ring (bicyclic) bond motifs is 1. The predicted octanol–water partition coefficient (Wildman–Crippen LogP) is 6.84. The largest absolute Gasteiger partial charge is 0.485 e. The number of aryl methyl sites for hydroxylation is 2. The molecule has 5 rings (SSSR count). The molecule has 5 heteroatoms. The summed E-state index contributed by atoms with van der Waals surface area (Å²) in [6.45, 7) is 6.09. The minimum Gasteiger partial charge on any atom is -0.485 e. The van der Waals surface area contributed by atoms with Gasteiger partial charge in [0.05, 0.1) is 5.92 Å². The van der Waals surface area contributed by atoms with Gasteiger partial charge in [0.25, 0.3) is 0 Å². The minimum absolute atomic E-state index is 0.0301. The first-order valence-electron chi connectivity index (χ1n) is 11.8.